The Morgan fingerprint density at radius 1 is 1.67 bits per heavy atom. The zero-order chi connectivity index (χ0) is 8.97. The summed E-state index contributed by atoms with van der Waals surface area (Å²) < 4.78 is 0. The van der Waals surface area contributed by atoms with Crippen LogP contribution in [-0.4, -0.2) is 16.1 Å². The number of nitrogens with zero attached hydrogens (tertiary/aromatic N) is 1. The van der Waals surface area contributed by atoms with Gasteiger partial charge in [0, 0.05) is 18.5 Å². The van der Waals surface area contributed by atoms with E-state index in [0.717, 1.165) is 17.2 Å². The summed E-state index contributed by atoms with van der Waals surface area (Å²) in [6.07, 6.45) is 5.94. The van der Waals surface area contributed by atoms with Gasteiger partial charge in [-0.25, -0.2) is 4.79 Å². The zero-order valence-electron chi connectivity index (χ0n) is 6.69. The molecule has 1 heterocycles. The van der Waals surface area contributed by atoms with Gasteiger partial charge >= 0.3 is 5.97 Å². The largest absolute Gasteiger partial charge is 0.478 e. The first-order chi connectivity index (χ1) is 5.70. The van der Waals surface area contributed by atoms with Gasteiger partial charge in [0.2, 0.25) is 0 Å². The van der Waals surface area contributed by atoms with Gasteiger partial charge in [0.1, 0.15) is 0 Å². The predicted molar refractivity (Wildman–Crippen MR) is 45.6 cm³/mol. The van der Waals surface area contributed by atoms with Crippen LogP contribution in [0.1, 0.15) is 11.1 Å². The highest BCUT2D eigenvalue weighted by atomic mass is 16.4. The summed E-state index contributed by atoms with van der Waals surface area (Å²) in [5.41, 5.74) is 1.85. The Labute approximate surface area is 70.4 Å². The number of hydrogen-bond acceptors (Lipinski definition) is 2. The van der Waals surface area contributed by atoms with E-state index in [4.69, 9.17) is 5.11 Å². The molecule has 0 aliphatic heterocycles. The van der Waals surface area contributed by atoms with Crippen LogP contribution < -0.4 is 0 Å². The van der Waals surface area contributed by atoms with E-state index >= 15 is 0 Å². The minimum absolute atomic E-state index is 0.833. The number of rotatable bonds is 2. The van der Waals surface area contributed by atoms with Crippen LogP contribution in [0.2, 0.25) is 0 Å². The molecule has 62 valence electrons. The summed E-state index contributed by atoms with van der Waals surface area (Å²) in [5, 5.41) is 8.36. The van der Waals surface area contributed by atoms with Crippen LogP contribution in [0.4, 0.5) is 0 Å². The van der Waals surface area contributed by atoms with Crippen molar-refractivity contribution in [2.45, 2.75) is 6.92 Å². The van der Waals surface area contributed by atoms with Crippen molar-refractivity contribution < 1.29 is 9.90 Å². The van der Waals surface area contributed by atoms with Crippen molar-refractivity contribution >= 4 is 12.0 Å². The molecule has 1 aromatic heterocycles. The lowest BCUT2D eigenvalue weighted by Crippen LogP contribution is -1.87. The maximum atomic E-state index is 10.2. The first kappa shape index (κ1) is 8.46. The number of aryl methyl sites for hydroxylation is 1. The summed E-state index contributed by atoms with van der Waals surface area (Å²) in [6, 6.07) is 1.83. The fraction of sp³-hybridized carbons (Fsp3) is 0.111. The van der Waals surface area contributed by atoms with E-state index in [2.05, 4.69) is 4.98 Å². The Balaban J connectivity index is 2.89. The molecule has 0 fully saturated rings. The van der Waals surface area contributed by atoms with E-state index in [0.29, 0.717) is 0 Å². The van der Waals surface area contributed by atoms with Gasteiger partial charge in [0.25, 0.3) is 0 Å². The smallest absolute Gasteiger partial charge is 0.328 e. The normalized spacial score (nSPS) is 10.4. The summed E-state index contributed by atoms with van der Waals surface area (Å²) in [5.74, 6) is -0.946. The van der Waals surface area contributed by atoms with Crippen LogP contribution in [0.25, 0.3) is 6.08 Å². The van der Waals surface area contributed by atoms with Gasteiger partial charge in [-0.15, -0.1) is 0 Å². The van der Waals surface area contributed by atoms with Crippen molar-refractivity contribution in [1.29, 1.82) is 0 Å². The molecule has 3 heteroatoms. The molecule has 0 atom stereocenters. The Kier molecular flexibility index (Phi) is 2.58. The Bertz CT molecular complexity index is 318. The quantitative estimate of drug-likeness (QED) is 0.672. The second-order valence-electron chi connectivity index (χ2n) is 2.40. The molecule has 1 rings (SSSR count). The molecule has 3 nitrogen and oxygen atoms in total. The lowest BCUT2D eigenvalue weighted by molar-refractivity contribution is -0.131. The first-order valence-electron chi connectivity index (χ1n) is 3.52. The average Bonchev–Trinajstić information content (AvgIpc) is 2.03. The molecule has 1 aromatic rings. The fourth-order valence-electron chi connectivity index (χ4n) is 0.812. The molecular formula is C9H9NO2. The van der Waals surface area contributed by atoms with Crippen LogP contribution in [0.15, 0.2) is 24.5 Å². The summed E-state index contributed by atoms with van der Waals surface area (Å²) >= 11 is 0. The molecule has 0 bridgehead atoms. The van der Waals surface area contributed by atoms with E-state index in [1.165, 1.54) is 6.08 Å². The highest BCUT2D eigenvalue weighted by molar-refractivity contribution is 5.85. The number of pyridine rings is 1. The highest BCUT2D eigenvalue weighted by Crippen LogP contribution is 2.06. The highest BCUT2D eigenvalue weighted by Gasteiger charge is 1.92. The van der Waals surface area contributed by atoms with E-state index in [9.17, 15) is 4.79 Å². The van der Waals surface area contributed by atoms with Crippen molar-refractivity contribution in [3.8, 4) is 0 Å². The van der Waals surface area contributed by atoms with Crippen LogP contribution in [-0.2, 0) is 4.79 Å². The molecule has 0 radical (unpaired) electrons. The summed E-state index contributed by atoms with van der Waals surface area (Å²) in [6.45, 7) is 1.91. The lowest BCUT2D eigenvalue weighted by atomic mass is 10.1. The fourth-order valence-corrected chi connectivity index (χ4v) is 0.812. The number of aromatic nitrogens is 1. The van der Waals surface area contributed by atoms with E-state index in [-0.39, 0.29) is 0 Å². The molecule has 12 heavy (non-hydrogen) atoms. The van der Waals surface area contributed by atoms with Gasteiger partial charge < -0.3 is 5.11 Å². The first-order valence-corrected chi connectivity index (χ1v) is 3.52. The van der Waals surface area contributed by atoms with Gasteiger partial charge in [-0.05, 0) is 30.2 Å². The minimum Gasteiger partial charge on any atom is -0.478 e. The molecule has 0 aromatic carbocycles. The number of carbonyl (C=O) groups is 1. The lowest BCUT2D eigenvalue weighted by Gasteiger charge is -1.95. The predicted octanol–water partition coefficient (Wildman–Crippen LogP) is 1.49. The maximum absolute atomic E-state index is 10.2. The molecule has 0 amide bonds. The van der Waals surface area contributed by atoms with Gasteiger partial charge in [-0.1, -0.05) is 0 Å². The molecule has 1 N–H and O–H groups in total. The van der Waals surface area contributed by atoms with Crippen LogP contribution in [0.5, 0.6) is 0 Å². The molecule has 0 saturated heterocycles. The van der Waals surface area contributed by atoms with Gasteiger partial charge in [-0.3, -0.25) is 4.98 Å². The van der Waals surface area contributed by atoms with Crippen LogP contribution >= 0.6 is 0 Å². The zero-order valence-corrected chi connectivity index (χ0v) is 6.69. The van der Waals surface area contributed by atoms with Crippen LogP contribution in [0, 0.1) is 6.92 Å². The van der Waals surface area contributed by atoms with E-state index in [1.807, 2.05) is 13.0 Å². The summed E-state index contributed by atoms with van der Waals surface area (Å²) in [4.78, 5) is 14.1. The minimum atomic E-state index is -0.946. The second kappa shape index (κ2) is 3.67. The monoisotopic (exact) mass is 163 g/mol. The van der Waals surface area contributed by atoms with Gasteiger partial charge in [0.05, 0.1) is 0 Å². The molecule has 0 spiro atoms. The average molecular weight is 163 g/mol. The van der Waals surface area contributed by atoms with Gasteiger partial charge in [-0.2, -0.15) is 0 Å². The van der Waals surface area contributed by atoms with E-state index < -0.39 is 5.97 Å². The van der Waals surface area contributed by atoms with Crippen molar-refractivity contribution in [1.82, 2.24) is 4.98 Å². The molecule has 0 aliphatic rings. The van der Waals surface area contributed by atoms with E-state index in [1.54, 1.807) is 12.4 Å². The third-order valence-electron chi connectivity index (χ3n) is 1.49. The second-order valence-corrected chi connectivity index (χ2v) is 2.40. The van der Waals surface area contributed by atoms with Crippen molar-refractivity contribution in [2.75, 3.05) is 0 Å². The number of hydrogen-bond donors (Lipinski definition) is 1. The standard InChI is InChI=1S/C9H9NO2/c1-7-4-5-10-6-8(7)2-3-9(11)12/h2-6H,1H3,(H,11,12). The van der Waals surface area contributed by atoms with Crippen molar-refractivity contribution in [3.05, 3.63) is 35.7 Å². The molecule has 0 aliphatic carbocycles. The SMILES string of the molecule is Cc1ccncc1C=CC(=O)O. The number of aliphatic carboxylic acids is 1. The van der Waals surface area contributed by atoms with Gasteiger partial charge in [0.15, 0.2) is 0 Å². The van der Waals surface area contributed by atoms with Crippen molar-refractivity contribution in [2.24, 2.45) is 0 Å². The molecule has 0 unspecified atom stereocenters. The van der Waals surface area contributed by atoms with Crippen molar-refractivity contribution in [3.63, 3.8) is 0 Å². The summed E-state index contributed by atoms with van der Waals surface area (Å²) in [7, 11) is 0. The molecular weight excluding hydrogens is 154 g/mol. The third kappa shape index (κ3) is 2.20. The number of carboxylic acids is 1. The third-order valence-corrected chi connectivity index (χ3v) is 1.49. The number of carboxylic acid groups (broad SMARTS) is 1. The Morgan fingerprint density at radius 2 is 2.42 bits per heavy atom. The Morgan fingerprint density at radius 3 is 3.00 bits per heavy atom. The molecule has 0 saturated carbocycles. The van der Waals surface area contributed by atoms with Crippen LogP contribution in [0.3, 0.4) is 0 Å². The Hall–Kier alpha value is -1.64. The maximum Gasteiger partial charge on any atom is 0.328 e. The topological polar surface area (TPSA) is 50.2 Å².